The molecule has 0 saturated heterocycles. The van der Waals surface area contributed by atoms with Crippen LogP contribution in [0.25, 0.3) is 0 Å². The Morgan fingerprint density at radius 2 is 2.12 bits per heavy atom. The second-order valence-electron chi connectivity index (χ2n) is 4.66. The Morgan fingerprint density at radius 3 is 2.65 bits per heavy atom. The van der Waals surface area contributed by atoms with E-state index in [2.05, 4.69) is 5.32 Å². The van der Waals surface area contributed by atoms with Crippen LogP contribution in [0.3, 0.4) is 0 Å². The van der Waals surface area contributed by atoms with Gasteiger partial charge in [0.05, 0.1) is 0 Å². The van der Waals surface area contributed by atoms with Gasteiger partial charge in [0.2, 0.25) is 5.91 Å². The smallest absolute Gasteiger partial charge is 0.225 e. The van der Waals surface area contributed by atoms with Crippen LogP contribution in [-0.4, -0.2) is 17.1 Å². The van der Waals surface area contributed by atoms with Crippen LogP contribution >= 0.6 is 0 Å². The van der Waals surface area contributed by atoms with Crippen molar-refractivity contribution < 1.29 is 9.90 Å². The van der Waals surface area contributed by atoms with E-state index in [9.17, 15) is 9.90 Å². The van der Waals surface area contributed by atoms with Gasteiger partial charge in [0, 0.05) is 24.2 Å². The molecule has 0 aromatic heterocycles. The van der Waals surface area contributed by atoms with E-state index >= 15 is 0 Å². The standard InChI is InChI=1S/C13H20N2O2/c1-8(2)11(14)7-13(17)15-10-5-4-9(3)12(16)6-10/h4-6,8,11,16H,7,14H2,1-3H3,(H,15,17). The van der Waals surface area contributed by atoms with Crippen molar-refractivity contribution in [1.29, 1.82) is 0 Å². The van der Waals surface area contributed by atoms with E-state index in [0.717, 1.165) is 5.56 Å². The molecule has 1 amide bonds. The van der Waals surface area contributed by atoms with Crippen LogP contribution in [0.5, 0.6) is 5.75 Å². The molecule has 0 radical (unpaired) electrons. The SMILES string of the molecule is Cc1ccc(NC(=O)CC(N)C(C)C)cc1O. The molecule has 0 saturated carbocycles. The van der Waals surface area contributed by atoms with Crippen LogP contribution < -0.4 is 11.1 Å². The predicted molar refractivity (Wildman–Crippen MR) is 68.9 cm³/mol. The van der Waals surface area contributed by atoms with Gasteiger partial charge in [-0.2, -0.15) is 0 Å². The minimum absolute atomic E-state index is 0.130. The van der Waals surface area contributed by atoms with E-state index < -0.39 is 0 Å². The number of rotatable bonds is 4. The second-order valence-corrected chi connectivity index (χ2v) is 4.66. The first-order chi connectivity index (χ1) is 7.90. The Balaban J connectivity index is 2.59. The highest BCUT2D eigenvalue weighted by Gasteiger charge is 2.13. The molecule has 0 spiro atoms. The lowest BCUT2D eigenvalue weighted by Gasteiger charge is -2.15. The minimum Gasteiger partial charge on any atom is -0.508 e. The van der Waals surface area contributed by atoms with Crippen LogP contribution in [-0.2, 0) is 4.79 Å². The lowest BCUT2D eigenvalue weighted by Crippen LogP contribution is -2.31. The first kappa shape index (κ1) is 13.5. The van der Waals surface area contributed by atoms with Crippen molar-refractivity contribution in [3.63, 3.8) is 0 Å². The molecule has 0 fully saturated rings. The zero-order valence-electron chi connectivity index (χ0n) is 10.5. The summed E-state index contributed by atoms with van der Waals surface area (Å²) in [5.41, 5.74) is 7.19. The fourth-order valence-electron chi connectivity index (χ4n) is 1.35. The quantitative estimate of drug-likeness (QED) is 0.748. The van der Waals surface area contributed by atoms with E-state index in [-0.39, 0.29) is 30.0 Å². The summed E-state index contributed by atoms with van der Waals surface area (Å²) in [4.78, 5) is 11.7. The fraction of sp³-hybridized carbons (Fsp3) is 0.462. The van der Waals surface area contributed by atoms with Crippen molar-refractivity contribution in [1.82, 2.24) is 0 Å². The van der Waals surface area contributed by atoms with Crippen LogP contribution in [0, 0.1) is 12.8 Å². The number of benzene rings is 1. The van der Waals surface area contributed by atoms with Crippen molar-refractivity contribution in [3.8, 4) is 5.75 Å². The molecule has 0 aliphatic heterocycles. The summed E-state index contributed by atoms with van der Waals surface area (Å²) in [6.45, 7) is 5.76. The monoisotopic (exact) mass is 236 g/mol. The van der Waals surface area contributed by atoms with Crippen molar-refractivity contribution in [2.45, 2.75) is 33.2 Å². The minimum atomic E-state index is -0.144. The number of aryl methyl sites for hydroxylation is 1. The number of carbonyl (C=O) groups excluding carboxylic acids is 1. The molecule has 0 aliphatic carbocycles. The number of amides is 1. The molecule has 4 N–H and O–H groups in total. The van der Waals surface area contributed by atoms with Crippen LogP contribution in [0.4, 0.5) is 5.69 Å². The largest absolute Gasteiger partial charge is 0.508 e. The average Bonchev–Trinajstić information content (AvgIpc) is 2.23. The summed E-state index contributed by atoms with van der Waals surface area (Å²) in [6, 6.07) is 4.91. The summed E-state index contributed by atoms with van der Waals surface area (Å²) < 4.78 is 0. The average molecular weight is 236 g/mol. The Hall–Kier alpha value is -1.55. The number of hydrogen-bond acceptors (Lipinski definition) is 3. The van der Waals surface area contributed by atoms with Crippen molar-refractivity contribution >= 4 is 11.6 Å². The number of carbonyl (C=O) groups is 1. The number of phenolic OH excluding ortho intramolecular Hbond substituents is 1. The van der Waals surface area contributed by atoms with Crippen molar-refractivity contribution in [2.24, 2.45) is 11.7 Å². The van der Waals surface area contributed by atoms with Crippen LogP contribution in [0.1, 0.15) is 25.8 Å². The van der Waals surface area contributed by atoms with Gasteiger partial charge in [-0.05, 0) is 24.5 Å². The van der Waals surface area contributed by atoms with E-state index in [1.54, 1.807) is 19.1 Å². The first-order valence-electron chi connectivity index (χ1n) is 5.75. The van der Waals surface area contributed by atoms with Crippen LogP contribution in [0.15, 0.2) is 18.2 Å². The summed E-state index contributed by atoms with van der Waals surface area (Å²) >= 11 is 0. The molecule has 0 heterocycles. The fourth-order valence-corrected chi connectivity index (χ4v) is 1.35. The Bertz CT molecular complexity index is 402. The molecule has 1 unspecified atom stereocenters. The third-order valence-corrected chi connectivity index (χ3v) is 2.77. The molecule has 0 aliphatic rings. The maximum Gasteiger partial charge on any atom is 0.225 e. The highest BCUT2D eigenvalue weighted by atomic mass is 16.3. The number of hydrogen-bond donors (Lipinski definition) is 3. The second kappa shape index (κ2) is 5.68. The highest BCUT2D eigenvalue weighted by molar-refractivity contribution is 5.91. The van der Waals surface area contributed by atoms with E-state index in [1.807, 2.05) is 13.8 Å². The zero-order chi connectivity index (χ0) is 13.0. The molecular formula is C13H20N2O2. The van der Waals surface area contributed by atoms with Gasteiger partial charge in [0.1, 0.15) is 5.75 Å². The van der Waals surface area contributed by atoms with E-state index in [4.69, 9.17) is 5.73 Å². The number of anilines is 1. The summed E-state index contributed by atoms with van der Waals surface area (Å²) in [7, 11) is 0. The topological polar surface area (TPSA) is 75.4 Å². The normalized spacial score (nSPS) is 12.5. The molecule has 94 valence electrons. The highest BCUT2D eigenvalue weighted by Crippen LogP contribution is 2.21. The Morgan fingerprint density at radius 1 is 1.47 bits per heavy atom. The third kappa shape index (κ3) is 4.07. The van der Waals surface area contributed by atoms with Gasteiger partial charge in [0.15, 0.2) is 0 Å². The molecule has 1 atom stereocenters. The molecule has 4 nitrogen and oxygen atoms in total. The number of phenols is 1. The Labute approximate surface area is 102 Å². The number of nitrogens with one attached hydrogen (secondary N) is 1. The van der Waals surface area contributed by atoms with Gasteiger partial charge in [-0.25, -0.2) is 0 Å². The predicted octanol–water partition coefficient (Wildman–Crippen LogP) is 2.01. The molecule has 1 rings (SSSR count). The van der Waals surface area contributed by atoms with Gasteiger partial charge < -0.3 is 16.2 Å². The maximum absolute atomic E-state index is 11.7. The lowest BCUT2D eigenvalue weighted by molar-refractivity contribution is -0.116. The van der Waals surface area contributed by atoms with Crippen LogP contribution in [0.2, 0.25) is 0 Å². The third-order valence-electron chi connectivity index (χ3n) is 2.77. The molecule has 1 aromatic rings. The molecular weight excluding hydrogens is 216 g/mol. The zero-order valence-corrected chi connectivity index (χ0v) is 10.5. The summed E-state index contributed by atoms with van der Waals surface area (Å²) in [6.07, 6.45) is 0.284. The van der Waals surface area contributed by atoms with Gasteiger partial charge in [0.25, 0.3) is 0 Å². The number of nitrogens with two attached hydrogens (primary N) is 1. The van der Waals surface area contributed by atoms with Gasteiger partial charge in [-0.3, -0.25) is 4.79 Å². The molecule has 17 heavy (non-hydrogen) atoms. The lowest BCUT2D eigenvalue weighted by atomic mass is 10.0. The summed E-state index contributed by atoms with van der Waals surface area (Å²) in [5.74, 6) is 0.317. The van der Waals surface area contributed by atoms with Crippen molar-refractivity contribution in [3.05, 3.63) is 23.8 Å². The van der Waals surface area contributed by atoms with Gasteiger partial charge in [-0.1, -0.05) is 19.9 Å². The van der Waals surface area contributed by atoms with Gasteiger partial charge >= 0.3 is 0 Å². The maximum atomic E-state index is 11.7. The first-order valence-corrected chi connectivity index (χ1v) is 5.75. The Kier molecular flexibility index (Phi) is 4.52. The molecule has 0 bridgehead atoms. The summed E-state index contributed by atoms with van der Waals surface area (Å²) in [5, 5.41) is 12.2. The van der Waals surface area contributed by atoms with E-state index in [1.165, 1.54) is 6.07 Å². The van der Waals surface area contributed by atoms with E-state index in [0.29, 0.717) is 5.69 Å². The van der Waals surface area contributed by atoms with Crippen molar-refractivity contribution in [2.75, 3.05) is 5.32 Å². The molecule has 4 heteroatoms. The van der Waals surface area contributed by atoms with Gasteiger partial charge in [-0.15, -0.1) is 0 Å². The number of aromatic hydroxyl groups is 1. The molecule has 1 aromatic carbocycles.